The first kappa shape index (κ1) is 29.1. The van der Waals surface area contributed by atoms with Crippen LogP contribution in [0.4, 0.5) is 13.2 Å². The van der Waals surface area contributed by atoms with E-state index in [-0.39, 0.29) is 13.2 Å². The van der Waals surface area contributed by atoms with E-state index in [1.807, 2.05) is 0 Å². The highest BCUT2D eigenvalue weighted by molar-refractivity contribution is 7.78. The van der Waals surface area contributed by atoms with Crippen molar-refractivity contribution in [2.24, 2.45) is 0 Å². The number of aliphatic hydroxyl groups is 2. The number of carbonyl (C=O) groups is 1. The number of thiol groups is 1. The van der Waals surface area contributed by atoms with Crippen LogP contribution >= 0.6 is 12.8 Å². The standard InChI is InChI=1S/C17H24F3N3O7.CH5NS/c18-17(19,20)15(27)21-6-3-1-2-4-8-29-13-12(26)10(9-24)30-14(13)23-7-5-11(25)22-16(23)28;1-2-3/h5,7,10,12-14,24,26H,1-4,6,8-9H2,(H,21,27)(H,22,25,28);2-3H,1H3/t10-,12+,13?,14-;/m1./s1. The number of halogens is 3. The van der Waals surface area contributed by atoms with Crippen LogP contribution in [0.25, 0.3) is 0 Å². The predicted molar refractivity (Wildman–Crippen MR) is 114 cm³/mol. The van der Waals surface area contributed by atoms with Gasteiger partial charge in [-0.1, -0.05) is 25.7 Å². The third kappa shape index (κ3) is 9.46. The minimum atomic E-state index is -4.89. The van der Waals surface area contributed by atoms with Crippen molar-refractivity contribution in [3.63, 3.8) is 0 Å². The maximum Gasteiger partial charge on any atom is 0.471 e. The second-order valence-electron chi connectivity index (χ2n) is 6.98. The molecule has 1 aliphatic rings. The molecule has 0 radical (unpaired) electrons. The van der Waals surface area contributed by atoms with Crippen LogP contribution in [0.5, 0.6) is 0 Å². The molecule has 11 nitrogen and oxygen atoms in total. The zero-order chi connectivity index (χ0) is 25.0. The number of aromatic amines is 1. The number of carbonyl (C=O) groups excluding carboxylic acids is 1. The van der Waals surface area contributed by atoms with Gasteiger partial charge in [-0.05, 0) is 19.9 Å². The number of rotatable bonds is 10. The molecular weight excluding hydrogens is 473 g/mol. The van der Waals surface area contributed by atoms with Gasteiger partial charge in [0.2, 0.25) is 0 Å². The van der Waals surface area contributed by atoms with E-state index in [4.69, 9.17) is 9.47 Å². The number of ether oxygens (including phenoxy) is 2. The number of hydrogen-bond donors (Lipinski definition) is 6. The molecule has 33 heavy (non-hydrogen) atoms. The summed E-state index contributed by atoms with van der Waals surface area (Å²) in [6.45, 7) is -0.435. The van der Waals surface area contributed by atoms with Crippen LogP contribution in [0.2, 0.25) is 0 Å². The van der Waals surface area contributed by atoms with Gasteiger partial charge in [-0.2, -0.15) is 13.2 Å². The van der Waals surface area contributed by atoms with Crippen LogP contribution in [0, 0.1) is 0 Å². The summed E-state index contributed by atoms with van der Waals surface area (Å²) in [6, 6.07) is 1.11. The zero-order valence-electron chi connectivity index (χ0n) is 17.9. The van der Waals surface area contributed by atoms with Gasteiger partial charge in [0, 0.05) is 25.4 Å². The molecule has 0 saturated carbocycles. The second-order valence-corrected chi connectivity index (χ2v) is 7.43. The summed E-state index contributed by atoms with van der Waals surface area (Å²) >= 11 is 3.54. The van der Waals surface area contributed by atoms with E-state index in [9.17, 15) is 37.8 Å². The number of alkyl halides is 3. The lowest BCUT2D eigenvalue weighted by molar-refractivity contribution is -0.173. The molecule has 15 heteroatoms. The molecule has 1 aliphatic heterocycles. The highest BCUT2D eigenvalue weighted by atomic mass is 32.1. The molecule has 1 aromatic rings. The smallest absolute Gasteiger partial charge is 0.394 e. The van der Waals surface area contributed by atoms with E-state index in [0.29, 0.717) is 25.7 Å². The summed E-state index contributed by atoms with van der Waals surface area (Å²) in [6.07, 6.45) is -5.90. The molecule has 1 saturated heterocycles. The maximum atomic E-state index is 12.0. The van der Waals surface area contributed by atoms with Crippen molar-refractivity contribution in [3.8, 4) is 0 Å². The molecule has 190 valence electrons. The summed E-state index contributed by atoms with van der Waals surface area (Å²) < 4.78 is 50.7. The van der Waals surface area contributed by atoms with Gasteiger partial charge < -0.3 is 25.0 Å². The van der Waals surface area contributed by atoms with E-state index in [2.05, 4.69) is 22.5 Å². The molecule has 5 N–H and O–H groups in total. The fraction of sp³-hybridized carbons (Fsp3) is 0.722. The summed E-state index contributed by atoms with van der Waals surface area (Å²) in [5.74, 6) is -1.97. The normalized spacial score (nSPS) is 22.5. The lowest BCUT2D eigenvalue weighted by Crippen LogP contribution is -2.39. The first-order valence-electron chi connectivity index (χ1n) is 10.1. The minimum absolute atomic E-state index is 0.0935. The second kappa shape index (κ2) is 14.4. The fourth-order valence-electron chi connectivity index (χ4n) is 3.00. The van der Waals surface area contributed by atoms with Crippen molar-refractivity contribution in [2.45, 2.75) is 56.4 Å². The van der Waals surface area contributed by atoms with Crippen LogP contribution in [0.15, 0.2) is 21.9 Å². The van der Waals surface area contributed by atoms with Crippen LogP contribution < -0.4 is 21.3 Å². The van der Waals surface area contributed by atoms with E-state index in [1.165, 1.54) is 6.20 Å². The highest BCUT2D eigenvalue weighted by Gasteiger charge is 2.45. The Labute approximate surface area is 192 Å². The number of nitrogens with zero attached hydrogens (tertiary/aromatic N) is 1. The average molecular weight is 503 g/mol. The largest absolute Gasteiger partial charge is 0.471 e. The van der Waals surface area contributed by atoms with E-state index >= 15 is 0 Å². The summed E-state index contributed by atoms with van der Waals surface area (Å²) in [5.41, 5.74) is -1.36. The molecule has 1 aromatic heterocycles. The Morgan fingerprint density at radius 2 is 1.94 bits per heavy atom. The van der Waals surface area contributed by atoms with E-state index < -0.39 is 54.5 Å². The minimum Gasteiger partial charge on any atom is -0.394 e. The molecule has 2 heterocycles. The molecular formula is C18H29F3N4O7S. The first-order chi connectivity index (χ1) is 15.6. The molecule has 1 fully saturated rings. The molecule has 1 unspecified atom stereocenters. The number of nitrogens with one attached hydrogen (secondary N) is 3. The maximum absolute atomic E-state index is 12.0. The monoisotopic (exact) mass is 502 g/mol. The van der Waals surface area contributed by atoms with Crippen molar-refractivity contribution >= 4 is 18.7 Å². The summed E-state index contributed by atoms with van der Waals surface area (Å²) in [7, 11) is 1.74. The Morgan fingerprint density at radius 1 is 1.30 bits per heavy atom. The zero-order valence-corrected chi connectivity index (χ0v) is 18.8. The number of aromatic nitrogens is 2. The van der Waals surface area contributed by atoms with Gasteiger partial charge >= 0.3 is 17.8 Å². The first-order valence-corrected chi connectivity index (χ1v) is 10.5. The van der Waals surface area contributed by atoms with Gasteiger partial charge in [-0.3, -0.25) is 23.9 Å². The molecule has 2 rings (SSSR count). The Balaban J connectivity index is 0.00000172. The van der Waals surface area contributed by atoms with Crippen molar-refractivity contribution in [1.82, 2.24) is 19.6 Å². The fourth-order valence-corrected chi connectivity index (χ4v) is 3.00. The number of aliphatic hydroxyl groups excluding tert-OH is 2. The number of unbranched alkanes of at least 4 members (excludes halogenated alkanes) is 3. The molecule has 0 aromatic carbocycles. The lowest BCUT2D eigenvalue weighted by atomic mass is 10.1. The molecule has 0 aliphatic carbocycles. The number of amides is 1. The quantitative estimate of drug-likeness (QED) is 0.184. The summed E-state index contributed by atoms with van der Waals surface area (Å²) in [5, 5.41) is 21.4. The lowest BCUT2D eigenvalue weighted by Gasteiger charge is -2.22. The van der Waals surface area contributed by atoms with Gasteiger partial charge in [0.05, 0.1) is 6.61 Å². The Hall–Kier alpha value is -1.91. The van der Waals surface area contributed by atoms with Crippen molar-refractivity contribution in [1.29, 1.82) is 0 Å². The van der Waals surface area contributed by atoms with Crippen LogP contribution in [0.3, 0.4) is 0 Å². The molecule has 1 amide bonds. The molecule has 0 bridgehead atoms. The van der Waals surface area contributed by atoms with Crippen LogP contribution in [-0.2, 0) is 14.3 Å². The Bertz CT molecular complexity index is 836. The van der Waals surface area contributed by atoms with Crippen molar-refractivity contribution in [2.75, 3.05) is 26.8 Å². The third-order valence-electron chi connectivity index (χ3n) is 4.54. The van der Waals surface area contributed by atoms with Crippen LogP contribution in [-0.4, -0.2) is 77.0 Å². The van der Waals surface area contributed by atoms with Crippen LogP contribution in [0.1, 0.15) is 31.9 Å². The van der Waals surface area contributed by atoms with Gasteiger partial charge in [-0.15, -0.1) is 0 Å². The van der Waals surface area contributed by atoms with Gasteiger partial charge in [0.1, 0.15) is 18.3 Å². The van der Waals surface area contributed by atoms with E-state index in [0.717, 1.165) is 10.6 Å². The van der Waals surface area contributed by atoms with Crippen molar-refractivity contribution < 1.29 is 37.7 Å². The van der Waals surface area contributed by atoms with Gasteiger partial charge in [-0.25, -0.2) is 4.79 Å². The average Bonchev–Trinajstić information content (AvgIpc) is 3.05. The Morgan fingerprint density at radius 3 is 2.52 bits per heavy atom. The summed E-state index contributed by atoms with van der Waals surface area (Å²) in [4.78, 5) is 35.9. The number of H-pyrrole nitrogens is 1. The third-order valence-corrected chi connectivity index (χ3v) is 4.54. The SMILES string of the molecule is CNS.O=C(NCCCCCCOC1[C@@H](O)[C@@H](CO)O[C@H]1n1ccc(=O)[nH]c1=O)C(F)(F)F. The van der Waals surface area contributed by atoms with Gasteiger partial charge in [0.15, 0.2) is 6.23 Å². The highest BCUT2D eigenvalue weighted by Crippen LogP contribution is 2.30. The molecule has 0 spiro atoms. The topological polar surface area (TPSA) is 155 Å². The predicted octanol–water partition coefficient (Wildman–Crippen LogP) is -0.538. The molecule has 4 atom stereocenters. The van der Waals surface area contributed by atoms with Gasteiger partial charge in [0.25, 0.3) is 5.56 Å². The number of hydrogen-bond acceptors (Lipinski definition) is 9. The Kier molecular flexibility index (Phi) is 12.7. The van der Waals surface area contributed by atoms with E-state index in [1.54, 1.807) is 12.4 Å². The van der Waals surface area contributed by atoms with Crippen molar-refractivity contribution in [3.05, 3.63) is 33.1 Å².